The van der Waals surface area contributed by atoms with Gasteiger partial charge in [-0.2, -0.15) is 0 Å². The molecule has 1 aliphatic heterocycles. The third-order valence-electron chi connectivity index (χ3n) is 5.04. The summed E-state index contributed by atoms with van der Waals surface area (Å²) < 4.78 is 11.3. The second-order valence-corrected chi connectivity index (χ2v) is 7.89. The monoisotopic (exact) mass is 484 g/mol. The largest absolute Gasteiger partial charge is 0.496 e. The Kier molecular flexibility index (Phi) is 5.64. The molecule has 2 aromatic heterocycles. The number of methoxy groups -OCH3 is 2. The van der Waals surface area contributed by atoms with Crippen LogP contribution in [0.1, 0.15) is 16.8 Å². The molecule has 0 radical (unpaired) electrons. The number of nitrogen functional groups attached to an aromatic ring is 1. The summed E-state index contributed by atoms with van der Waals surface area (Å²) in [4.78, 5) is 27.4. The van der Waals surface area contributed by atoms with Gasteiger partial charge in [0.2, 0.25) is 11.8 Å². The molecule has 0 saturated heterocycles. The predicted molar refractivity (Wildman–Crippen MR) is 120 cm³/mol. The van der Waals surface area contributed by atoms with Crippen molar-refractivity contribution in [3.05, 3.63) is 51.8 Å². The summed E-state index contributed by atoms with van der Waals surface area (Å²) in [5.74, 6) is 1.32. The zero-order valence-electron chi connectivity index (χ0n) is 17.3. The number of nitrogens with two attached hydrogens (primary N) is 1. The molecule has 0 saturated carbocycles. The molecule has 0 bridgehead atoms. The maximum absolute atomic E-state index is 12.8. The van der Waals surface area contributed by atoms with Crippen LogP contribution in [0.2, 0.25) is 0 Å². The molecule has 2 amide bonds. The number of nitrogens with zero attached hydrogens (tertiary/aromatic N) is 4. The van der Waals surface area contributed by atoms with Crippen molar-refractivity contribution in [2.24, 2.45) is 0 Å². The van der Waals surface area contributed by atoms with Crippen LogP contribution in [0.25, 0.3) is 11.3 Å². The number of fused-ring (bicyclic) bond motifs is 1. The number of hydrogen-bond donors (Lipinski definition) is 2. The standard InChI is InChI=1S/C21H21BrN6O3/c1-11-6-15(22)17(30-2)7-13(11)19-14-9-28(10-16(14)26-20(23)27-19)21(29)25-12-4-5-18(31-3)24-8-12/h4-8H,9-10H2,1-3H3,(H,25,29)(H2,23,26,27). The number of carbonyl (C=O) groups is 1. The van der Waals surface area contributed by atoms with Gasteiger partial charge in [-0.05, 0) is 46.6 Å². The molecule has 160 valence electrons. The molecule has 9 nitrogen and oxygen atoms in total. The lowest BCUT2D eigenvalue weighted by molar-refractivity contribution is 0.212. The summed E-state index contributed by atoms with van der Waals surface area (Å²) in [5.41, 5.74) is 10.7. The van der Waals surface area contributed by atoms with E-state index in [2.05, 4.69) is 36.2 Å². The van der Waals surface area contributed by atoms with Gasteiger partial charge in [-0.3, -0.25) is 0 Å². The summed E-state index contributed by atoms with van der Waals surface area (Å²) in [6.07, 6.45) is 1.54. The van der Waals surface area contributed by atoms with Crippen molar-refractivity contribution in [3.8, 4) is 22.9 Å². The SMILES string of the molecule is COc1ccc(NC(=O)N2Cc3nc(N)nc(-c4cc(OC)c(Br)cc4C)c3C2)cn1. The number of hydrogen-bond acceptors (Lipinski definition) is 7. The summed E-state index contributed by atoms with van der Waals surface area (Å²) >= 11 is 3.50. The number of anilines is 2. The van der Waals surface area contributed by atoms with Crippen molar-refractivity contribution in [2.75, 3.05) is 25.3 Å². The van der Waals surface area contributed by atoms with Crippen LogP contribution in [0.4, 0.5) is 16.4 Å². The lowest BCUT2D eigenvalue weighted by Gasteiger charge is -2.16. The molecular formula is C21H21BrN6O3. The fraction of sp³-hybridized carbons (Fsp3) is 0.238. The number of benzene rings is 1. The Morgan fingerprint density at radius 2 is 2.00 bits per heavy atom. The molecule has 1 aromatic carbocycles. The zero-order chi connectivity index (χ0) is 22.1. The first-order chi connectivity index (χ1) is 14.9. The quantitative estimate of drug-likeness (QED) is 0.578. The van der Waals surface area contributed by atoms with E-state index in [1.807, 2.05) is 19.1 Å². The Morgan fingerprint density at radius 1 is 1.19 bits per heavy atom. The predicted octanol–water partition coefficient (Wildman–Crippen LogP) is 3.76. The Morgan fingerprint density at radius 3 is 2.68 bits per heavy atom. The number of carbonyl (C=O) groups excluding carboxylic acids is 1. The molecule has 4 rings (SSSR count). The van der Waals surface area contributed by atoms with Gasteiger partial charge in [-0.1, -0.05) is 0 Å². The van der Waals surface area contributed by atoms with Crippen molar-refractivity contribution < 1.29 is 14.3 Å². The number of halogens is 1. The molecular weight excluding hydrogens is 464 g/mol. The van der Waals surface area contributed by atoms with E-state index in [9.17, 15) is 4.79 Å². The first kappa shape index (κ1) is 20.9. The van der Waals surface area contributed by atoms with Crippen molar-refractivity contribution in [2.45, 2.75) is 20.0 Å². The number of pyridine rings is 1. The normalized spacial score (nSPS) is 12.5. The van der Waals surface area contributed by atoms with E-state index in [0.717, 1.165) is 26.9 Å². The lowest BCUT2D eigenvalue weighted by Crippen LogP contribution is -2.30. The number of rotatable bonds is 4. The number of urea groups is 1. The zero-order valence-corrected chi connectivity index (χ0v) is 18.9. The molecule has 0 aliphatic carbocycles. The Hall–Kier alpha value is -3.40. The number of ether oxygens (including phenoxy) is 2. The summed E-state index contributed by atoms with van der Waals surface area (Å²) in [6, 6.07) is 7.03. The van der Waals surface area contributed by atoms with Gasteiger partial charge in [0.15, 0.2) is 0 Å². The maximum Gasteiger partial charge on any atom is 0.322 e. The first-order valence-electron chi connectivity index (χ1n) is 9.45. The van der Waals surface area contributed by atoms with Gasteiger partial charge < -0.3 is 25.4 Å². The van der Waals surface area contributed by atoms with Crippen LogP contribution in [0, 0.1) is 6.92 Å². The number of aromatic nitrogens is 3. The number of aryl methyl sites for hydroxylation is 1. The minimum atomic E-state index is -0.264. The van der Waals surface area contributed by atoms with Gasteiger partial charge in [0.25, 0.3) is 0 Å². The number of amides is 2. The van der Waals surface area contributed by atoms with Crippen molar-refractivity contribution >= 4 is 33.6 Å². The highest BCUT2D eigenvalue weighted by molar-refractivity contribution is 9.10. The van der Waals surface area contributed by atoms with Crippen molar-refractivity contribution in [3.63, 3.8) is 0 Å². The van der Waals surface area contributed by atoms with Crippen LogP contribution in [-0.2, 0) is 13.1 Å². The van der Waals surface area contributed by atoms with Gasteiger partial charge in [-0.25, -0.2) is 19.7 Å². The van der Waals surface area contributed by atoms with Crippen molar-refractivity contribution in [1.29, 1.82) is 0 Å². The molecule has 10 heteroatoms. The molecule has 0 spiro atoms. The average Bonchev–Trinajstić information content (AvgIpc) is 3.18. The van der Waals surface area contributed by atoms with Gasteiger partial charge in [0.05, 0.1) is 55.1 Å². The molecule has 0 atom stereocenters. The molecule has 1 aliphatic rings. The van der Waals surface area contributed by atoms with Gasteiger partial charge in [0, 0.05) is 17.2 Å². The highest BCUT2D eigenvalue weighted by Gasteiger charge is 2.29. The van der Waals surface area contributed by atoms with Crippen LogP contribution in [0.5, 0.6) is 11.6 Å². The lowest BCUT2D eigenvalue weighted by atomic mass is 10.0. The van der Waals surface area contributed by atoms with Gasteiger partial charge in [0.1, 0.15) is 5.75 Å². The third-order valence-corrected chi connectivity index (χ3v) is 5.66. The molecule has 0 fully saturated rings. The van der Waals surface area contributed by atoms with Crippen molar-refractivity contribution in [1.82, 2.24) is 19.9 Å². The highest BCUT2D eigenvalue weighted by atomic mass is 79.9. The van der Waals surface area contributed by atoms with Gasteiger partial charge >= 0.3 is 6.03 Å². The van der Waals surface area contributed by atoms with Crippen LogP contribution in [0.3, 0.4) is 0 Å². The Labute approximate surface area is 187 Å². The summed E-state index contributed by atoms with van der Waals surface area (Å²) in [7, 11) is 3.15. The van der Waals surface area contributed by atoms with E-state index in [1.54, 1.807) is 30.3 Å². The second kappa shape index (κ2) is 8.38. The van der Waals surface area contributed by atoms with E-state index >= 15 is 0 Å². The van der Waals surface area contributed by atoms with E-state index in [4.69, 9.17) is 15.2 Å². The smallest absolute Gasteiger partial charge is 0.322 e. The molecule has 3 N–H and O–H groups in total. The van der Waals surface area contributed by atoms with Crippen LogP contribution in [0.15, 0.2) is 34.9 Å². The van der Waals surface area contributed by atoms with Crippen LogP contribution < -0.4 is 20.5 Å². The summed E-state index contributed by atoms with van der Waals surface area (Å²) in [6.45, 7) is 2.68. The Balaban J connectivity index is 1.62. The van der Waals surface area contributed by atoms with Crippen LogP contribution >= 0.6 is 15.9 Å². The maximum atomic E-state index is 12.8. The second-order valence-electron chi connectivity index (χ2n) is 7.03. The van der Waals surface area contributed by atoms with E-state index in [0.29, 0.717) is 36.1 Å². The van der Waals surface area contributed by atoms with E-state index in [-0.39, 0.29) is 12.0 Å². The Bertz CT molecular complexity index is 1150. The fourth-order valence-electron chi connectivity index (χ4n) is 3.48. The molecule has 3 aromatic rings. The minimum Gasteiger partial charge on any atom is -0.496 e. The minimum absolute atomic E-state index is 0.164. The van der Waals surface area contributed by atoms with E-state index < -0.39 is 0 Å². The highest BCUT2D eigenvalue weighted by Crippen LogP contribution is 2.37. The summed E-state index contributed by atoms with van der Waals surface area (Å²) in [5, 5.41) is 2.84. The third kappa shape index (κ3) is 4.11. The van der Waals surface area contributed by atoms with E-state index in [1.165, 1.54) is 7.11 Å². The van der Waals surface area contributed by atoms with Gasteiger partial charge in [-0.15, -0.1) is 0 Å². The average molecular weight is 485 g/mol. The topological polar surface area (TPSA) is 115 Å². The molecule has 0 unspecified atom stereocenters. The first-order valence-corrected chi connectivity index (χ1v) is 10.2. The molecule has 31 heavy (non-hydrogen) atoms. The molecule has 3 heterocycles. The fourth-order valence-corrected chi connectivity index (χ4v) is 4.10. The van der Waals surface area contributed by atoms with Crippen LogP contribution in [-0.4, -0.2) is 40.1 Å². The number of nitrogens with one attached hydrogen (secondary N) is 1.